The summed E-state index contributed by atoms with van der Waals surface area (Å²) in [7, 11) is 4.31. The third-order valence-electron chi connectivity index (χ3n) is 3.38. The molecule has 0 aromatic rings. The van der Waals surface area contributed by atoms with E-state index in [1.165, 1.54) is 25.7 Å². The van der Waals surface area contributed by atoms with Gasteiger partial charge in [0.25, 0.3) is 0 Å². The summed E-state index contributed by atoms with van der Waals surface area (Å²) in [4.78, 5) is 2.27. The fraction of sp³-hybridized carbons (Fsp3) is 1.00. The minimum Gasteiger partial charge on any atom is -0.310 e. The number of nitrogens with one attached hydrogen (secondary N) is 1. The summed E-state index contributed by atoms with van der Waals surface area (Å²) in [5.74, 6) is 2.04. The van der Waals surface area contributed by atoms with Crippen LogP contribution < -0.4 is 5.32 Å². The monoisotopic (exact) mass is 196 g/mol. The first-order chi connectivity index (χ1) is 6.66. The second-order valence-electron chi connectivity index (χ2n) is 5.53. The lowest BCUT2D eigenvalue weighted by Gasteiger charge is -2.25. The molecule has 0 bridgehead atoms. The topological polar surface area (TPSA) is 15.3 Å². The normalized spacial score (nSPS) is 24.6. The number of hydrogen-bond acceptors (Lipinski definition) is 2. The molecule has 2 aliphatic rings. The largest absolute Gasteiger partial charge is 0.310 e. The average Bonchev–Trinajstić information content (AvgIpc) is 2.94. The van der Waals surface area contributed by atoms with Crippen molar-refractivity contribution < 1.29 is 0 Å². The Morgan fingerprint density at radius 1 is 1.14 bits per heavy atom. The first-order valence-electron chi connectivity index (χ1n) is 6.07. The zero-order valence-corrected chi connectivity index (χ0v) is 9.79. The van der Waals surface area contributed by atoms with Gasteiger partial charge in [-0.1, -0.05) is 0 Å². The Balaban J connectivity index is 1.75. The van der Waals surface area contributed by atoms with Crippen molar-refractivity contribution in [2.75, 3.05) is 20.6 Å². The minimum atomic E-state index is 0.649. The molecule has 2 nitrogen and oxygen atoms in total. The van der Waals surface area contributed by atoms with Crippen LogP contribution in [-0.4, -0.2) is 37.6 Å². The van der Waals surface area contributed by atoms with E-state index in [0.29, 0.717) is 6.04 Å². The quantitative estimate of drug-likeness (QED) is 0.696. The van der Waals surface area contributed by atoms with Gasteiger partial charge in [0, 0.05) is 18.6 Å². The summed E-state index contributed by atoms with van der Waals surface area (Å²) in [6, 6.07) is 1.50. The summed E-state index contributed by atoms with van der Waals surface area (Å²) < 4.78 is 0. The van der Waals surface area contributed by atoms with E-state index in [1.54, 1.807) is 0 Å². The maximum atomic E-state index is 3.83. The molecule has 1 N–H and O–H groups in total. The smallest absolute Gasteiger partial charge is 0.0169 e. The van der Waals surface area contributed by atoms with Crippen LogP contribution in [0.2, 0.25) is 0 Å². The zero-order valence-electron chi connectivity index (χ0n) is 9.79. The van der Waals surface area contributed by atoms with Gasteiger partial charge in [-0.25, -0.2) is 0 Å². The molecule has 82 valence electrons. The Kier molecular flexibility index (Phi) is 3.13. The van der Waals surface area contributed by atoms with Crippen molar-refractivity contribution in [3.8, 4) is 0 Å². The lowest BCUT2D eigenvalue weighted by Crippen LogP contribution is -2.44. The van der Waals surface area contributed by atoms with Crippen LogP contribution >= 0.6 is 0 Å². The van der Waals surface area contributed by atoms with Crippen LogP contribution in [0.5, 0.6) is 0 Å². The van der Waals surface area contributed by atoms with Crippen molar-refractivity contribution in [1.82, 2.24) is 10.2 Å². The van der Waals surface area contributed by atoms with Crippen LogP contribution in [0.4, 0.5) is 0 Å². The van der Waals surface area contributed by atoms with Crippen LogP contribution in [0, 0.1) is 11.8 Å². The number of likely N-dealkylation sites (N-methyl/N-ethyl adjacent to an activating group) is 1. The summed E-state index contributed by atoms with van der Waals surface area (Å²) in [6.07, 6.45) is 5.90. The fourth-order valence-electron chi connectivity index (χ4n) is 2.50. The van der Waals surface area contributed by atoms with Crippen LogP contribution in [0.3, 0.4) is 0 Å². The van der Waals surface area contributed by atoms with E-state index in [2.05, 4.69) is 31.2 Å². The Bertz CT molecular complexity index is 171. The zero-order chi connectivity index (χ0) is 10.1. The van der Waals surface area contributed by atoms with Crippen molar-refractivity contribution in [3.63, 3.8) is 0 Å². The summed E-state index contributed by atoms with van der Waals surface area (Å²) >= 11 is 0. The first-order valence-corrected chi connectivity index (χ1v) is 6.07. The molecule has 0 saturated heterocycles. The maximum Gasteiger partial charge on any atom is 0.0169 e. The van der Waals surface area contributed by atoms with Crippen molar-refractivity contribution >= 4 is 0 Å². The predicted octanol–water partition coefficient (Wildman–Crippen LogP) is 1.71. The molecular formula is C12H24N2. The van der Waals surface area contributed by atoms with Gasteiger partial charge in [0.2, 0.25) is 0 Å². The van der Waals surface area contributed by atoms with E-state index < -0.39 is 0 Å². The summed E-state index contributed by atoms with van der Waals surface area (Å²) in [6.45, 7) is 3.48. The molecule has 2 heteroatoms. The Morgan fingerprint density at radius 2 is 1.64 bits per heavy atom. The molecule has 2 fully saturated rings. The Morgan fingerprint density at radius 3 is 2.00 bits per heavy atom. The molecule has 0 aromatic carbocycles. The summed E-state index contributed by atoms with van der Waals surface area (Å²) in [5, 5.41) is 3.83. The van der Waals surface area contributed by atoms with Gasteiger partial charge >= 0.3 is 0 Å². The van der Waals surface area contributed by atoms with E-state index in [1.807, 2.05) is 0 Å². The number of nitrogens with zero attached hydrogens (tertiary/aromatic N) is 1. The van der Waals surface area contributed by atoms with Crippen molar-refractivity contribution in [1.29, 1.82) is 0 Å². The third kappa shape index (κ3) is 2.96. The van der Waals surface area contributed by atoms with Crippen molar-refractivity contribution in [2.24, 2.45) is 11.8 Å². The van der Waals surface area contributed by atoms with E-state index >= 15 is 0 Å². The van der Waals surface area contributed by atoms with E-state index in [0.717, 1.165) is 24.4 Å². The SMILES string of the molecule is CC(CN(C)C)NC(C1CC1)C1CC1. The standard InChI is InChI=1S/C12H24N2/c1-9(8-14(2)3)13-12(10-4-5-10)11-6-7-11/h9-13H,4-8H2,1-3H3. The molecule has 0 amide bonds. The molecule has 0 radical (unpaired) electrons. The lowest BCUT2D eigenvalue weighted by molar-refractivity contribution is 0.303. The van der Waals surface area contributed by atoms with Gasteiger partial charge < -0.3 is 10.2 Å². The lowest BCUT2D eigenvalue weighted by atomic mass is 10.1. The highest BCUT2D eigenvalue weighted by atomic mass is 15.1. The molecule has 2 rings (SSSR count). The molecule has 0 spiro atoms. The second kappa shape index (κ2) is 4.19. The van der Waals surface area contributed by atoms with Gasteiger partial charge in [0.15, 0.2) is 0 Å². The van der Waals surface area contributed by atoms with Crippen molar-refractivity contribution in [2.45, 2.75) is 44.7 Å². The highest BCUT2D eigenvalue weighted by molar-refractivity contribution is 4.97. The van der Waals surface area contributed by atoms with Gasteiger partial charge in [-0.3, -0.25) is 0 Å². The van der Waals surface area contributed by atoms with E-state index in [-0.39, 0.29) is 0 Å². The van der Waals surface area contributed by atoms with Gasteiger partial charge in [-0.05, 0) is 58.5 Å². The first kappa shape index (κ1) is 10.4. The van der Waals surface area contributed by atoms with Crippen LogP contribution in [0.15, 0.2) is 0 Å². The predicted molar refractivity (Wildman–Crippen MR) is 60.4 cm³/mol. The molecule has 2 aliphatic carbocycles. The average molecular weight is 196 g/mol. The summed E-state index contributed by atoms with van der Waals surface area (Å²) in [5.41, 5.74) is 0. The van der Waals surface area contributed by atoms with Gasteiger partial charge in [0.05, 0.1) is 0 Å². The Hall–Kier alpha value is -0.0800. The second-order valence-corrected chi connectivity index (χ2v) is 5.53. The van der Waals surface area contributed by atoms with Crippen molar-refractivity contribution in [3.05, 3.63) is 0 Å². The van der Waals surface area contributed by atoms with Crippen LogP contribution in [0.1, 0.15) is 32.6 Å². The molecule has 0 aromatic heterocycles. The Labute approximate surface area is 88.1 Å². The number of rotatable bonds is 6. The highest BCUT2D eigenvalue weighted by Crippen LogP contribution is 2.44. The molecule has 2 saturated carbocycles. The molecule has 0 aliphatic heterocycles. The van der Waals surface area contributed by atoms with E-state index in [4.69, 9.17) is 0 Å². The molecule has 14 heavy (non-hydrogen) atoms. The molecule has 1 unspecified atom stereocenters. The third-order valence-corrected chi connectivity index (χ3v) is 3.38. The fourth-order valence-corrected chi connectivity index (χ4v) is 2.50. The van der Waals surface area contributed by atoms with E-state index in [9.17, 15) is 0 Å². The molecule has 0 heterocycles. The number of hydrogen-bond donors (Lipinski definition) is 1. The van der Waals surface area contributed by atoms with Crippen LogP contribution in [0.25, 0.3) is 0 Å². The maximum absolute atomic E-state index is 3.83. The molecular weight excluding hydrogens is 172 g/mol. The van der Waals surface area contributed by atoms with Gasteiger partial charge in [-0.15, -0.1) is 0 Å². The minimum absolute atomic E-state index is 0.649. The highest BCUT2D eigenvalue weighted by Gasteiger charge is 2.41. The van der Waals surface area contributed by atoms with Crippen LogP contribution in [-0.2, 0) is 0 Å². The van der Waals surface area contributed by atoms with Gasteiger partial charge in [-0.2, -0.15) is 0 Å². The molecule has 1 atom stereocenters. The van der Waals surface area contributed by atoms with Gasteiger partial charge in [0.1, 0.15) is 0 Å².